The van der Waals surface area contributed by atoms with Crippen LogP contribution in [0.1, 0.15) is 73.3 Å². The Morgan fingerprint density at radius 1 is 1.11 bits per heavy atom. The van der Waals surface area contributed by atoms with E-state index in [1.807, 2.05) is 39.0 Å². The molecule has 0 spiro atoms. The van der Waals surface area contributed by atoms with Gasteiger partial charge in [-0.1, -0.05) is 58.0 Å². The highest BCUT2D eigenvalue weighted by Gasteiger charge is 2.66. The molecule has 0 amide bonds. The molecule has 0 N–H and O–H groups in total. The number of esters is 1. The van der Waals surface area contributed by atoms with Gasteiger partial charge in [-0.15, -0.1) is 0 Å². The van der Waals surface area contributed by atoms with Crippen LogP contribution in [0, 0.1) is 16.2 Å². The Bertz CT molecular complexity index is 743. The molecule has 3 atom stereocenters. The normalized spacial score (nSPS) is 31.9. The van der Waals surface area contributed by atoms with Crippen LogP contribution < -0.4 is 0 Å². The Kier molecular flexibility index (Phi) is 4.81. The lowest BCUT2D eigenvalue weighted by atomic mass is 9.66. The molecule has 0 aliphatic heterocycles. The van der Waals surface area contributed by atoms with Crippen LogP contribution in [0.2, 0.25) is 0 Å². The molecule has 3 rings (SSSR count). The van der Waals surface area contributed by atoms with E-state index >= 15 is 0 Å². The quantitative estimate of drug-likeness (QED) is 0.646. The van der Waals surface area contributed by atoms with Gasteiger partial charge in [0.15, 0.2) is 6.04 Å². The molecule has 1 aromatic carbocycles. The van der Waals surface area contributed by atoms with Crippen molar-refractivity contribution in [3.05, 3.63) is 35.9 Å². The second-order valence-corrected chi connectivity index (χ2v) is 10.5. The smallest absolute Gasteiger partial charge is 0.331 e. The third kappa shape index (κ3) is 3.46. The number of carbonyl (C=O) groups is 1. The molecule has 27 heavy (non-hydrogen) atoms. The van der Waals surface area contributed by atoms with Crippen LogP contribution >= 0.6 is 0 Å². The number of carbonyl (C=O) groups excluding carboxylic acids is 1. The maximum absolute atomic E-state index is 13.0. The first-order valence-corrected chi connectivity index (χ1v) is 10.2. The fraction of sp³-hybridized carbons (Fsp3) is 0.667. The summed E-state index contributed by atoms with van der Waals surface area (Å²) >= 11 is 0. The Morgan fingerprint density at radius 3 is 2.22 bits per heavy atom. The van der Waals surface area contributed by atoms with E-state index in [9.17, 15) is 4.79 Å². The van der Waals surface area contributed by atoms with Crippen LogP contribution in [-0.4, -0.2) is 23.3 Å². The number of rotatable bonds is 4. The molecule has 2 bridgehead atoms. The Hall–Kier alpha value is -1.64. The van der Waals surface area contributed by atoms with Gasteiger partial charge in [-0.3, -0.25) is 4.99 Å². The molecular formula is C24H35NO2. The molecule has 2 fully saturated rings. The third-order valence-corrected chi connectivity index (χ3v) is 7.52. The van der Waals surface area contributed by atoms with Crippen LogP contribution in [0.4, 0.5) is 0 Å². The molecule has 2 aliphatic rings. The minimum absolute atomic E-state index is 0.0682. The highest BCUT2D eigenvalue weighted by molar-refractivity contribution is 5.96. The molecule has 3 heteroatoms. The third-order valence-electron chi connectivity index (χ3n) is 7.52. The van der Waals surface area contributed by atoms with Crippen molar-refractivity contribution >= 4 is 11.7 Å². The van der Waals surface area contributed by atoms with Gasteiger partial charge in [-0.05, 0) is 56.4 Å². The zero-order valence-corrected chi connectivity index (χ0v) is 18.1. The summed E-state index contributed by atoms with van der Waals surface area (Å²) in [6, 6.07) is 9.67. The number of aliphatic imine (C=N–C) groups is 1. The second kappa shape index (κ2) is 6.46. The van der Waals surface area contributed by atoms with E-state index in [4.69, 9.17) is 9.73 Å². The Labute approximate surface area is 164 Å². The van der Waals surface area contributed by atoms with E-state index in [0.717, 1.165) is 18.4 Å². The summed E-state index contributed by atoms with van der Waals surface area (Å²) in [6.07, 6.45) is 3.98. The minimum atomic E-state index is -0.504. The summed E-state index contributed by atoms with van der Waals surface area (Å²) < 4.78 is 5.73. The lowest BCUT2D eigenvalue weighted by Crippen LogP contribution is -2.37. The lowest BCUT2D eigenvalue weighted by molar-refractivity contribution is -0.156. The van der Waals surface area contributed by atoms with Crippen molar-refractivity contribution in [1.29, 1.82) is 0 Å². The Morgan fingerprint density at radius 2 is 1.74 bits per heavy atom. The van der Waals surface area contributed by atoms with E-state index in [1.54, 1.807) is 0 Å². The molecule has 0 radical (unpaired) electrons. The van der Waals surface area contributed by atoms with E-state index < -0.39 is 11.6 Å². The first kappa shape index (κ1) is 20.1. The minimum Gasteiger partial charge on any atom is -0.458 e. The van der Waals surface area contributed by atoms with Crippen molar-refractivity contribution in [3.63, 3.8) is 0 Å². The van der Waals surface area contributed by atoms with E-state index in [1.165, 1.54) is 12.1 Å². The molecule has 2 saturated carbocycles. The predicted molar refractivity (Wildman–Crippen MR) is 111 cm³/mol. The summed E-state index contributed by atoms with van der Waals surface area (Å²) in [7, 11) is 0. The van der Waals surface area contributed by atoms with Crippen LogP contribution in [0.25, 0.3) is 0 Å². The van der Waals surface area contributed by atoms with Gasteiger partial charge in [0, 0.05) is 17.5 Å². The van der Waals surface area contributed by atoms with Gasteiger partial charge in [0.25, 0.3) is 0 Å². The number of nitrogens with zero attached hydrogens (tertiary/aromatic N) is 1. The van der Waals surface area contributed by atoms with Crippen molar-refractivity contribution in [1.82, 2.24) is 0 Å². The maximum Gasteiger partial charge on any atom is 0.331 e. The van der Waals surface area contributed by atoms with E-state index in [-0.39, 0.29) is 22.2 Å². The SMILES string of the molecule is CC(C)(C)OC(=O)[C@H](Cc1ccccc1)N=C1C[C@@]2(C)CC[C@]1(C)C2(C)C. The van der Waals surface area contributed by atoms with Crippen LogP contribution in [0.15, 0.2) is 35.3 Å². The number of ether oxygens (including phenoxy) is 1. The van der Waals surface area contributed by atoms with Gasteiger partial charge in [-0.25, -0.2) is 4.79 Å². The fourth-order valence-electron chi connectivity index (χ4n) is 4.96. The number of benzene rings is 1. The average Bonchev–Trinajstić information content (AvgIpc) is 2.82. The lowest BCUT2D eigenvalue weighted by Gasteiger charge is -2.38. The van der Waals surface area contributed by atoms with Crippen LogP contribution in [0.3, 0.4) is 0 Å². The summed E-state index contributed by atoms with van der Waals surface area (Å²) in [5, 5.41) is 0. The molecule has 2 aliphatic carbocycles. The van der Waals surface area contributed by atoms with Gasteiger partial charge in [0.05, 0.1) is 0 Å². The first-order chi connectivity index (χ1) is 12.4. The molecule has 0 saturated heterocycles. The second-order valence-electron chi connectivity index (χ2n) is 10.5. The summed E-state index contributed by atoms with van der Waals surface area (Å²) in [5.74, 6) is -0.215. The summed E-state index contributed by atoms with van der Waals surface area (Å²) in [4.78, 5) is 18.1. The van der Waals surface area contributed by atoms with Gasteiger partial charge >= 0.3 is 5.97 Å². The maximum atomic E-state index is 13.0. The molecule has 3 nitrogen and oxygen atoms in total. The summed E-state index contributed by atoms with van der Waals surface area (Å²) in [5.41, 5.74) is 2.37. The number of hydrogen-bond donors (Lipinski definition) is 0. The highest BCUT2D eigenvalue weighted by atomic mass is 16.6. The standard InChI is InChI=1S/C24H35NO2/c1-21(2,3)27-20(26)18(15-17-11-9-8-10-12-17)25-19-16-23(6)13-14-24(19,7)22(23,4)5/h8-12,18H,13-16H2,1-7H3/t18-,23+,24-/m0/s1. The van der Waals surface area contributed by atoms with Gasteiger partial charge < -0.3 is 4.74 Å². The number of fused-ring (bicyclic) bond motifs is 2. The van der Waals surface area contributed by atoms with Crippen molar-refractivity contribution in [2.24, 2.45) is 21.2 Å². The van der Waals surface area contributed by atoms with Crippen molar-refractivity contribution in [3.8, 4) is 0 Å². The van der Waals surface area contributed by atoms with Gasteiger partial charge in [0.2, 0.25) is 0 Å². The Balaban J connectivity index is 1.94. The molecule has 148 valence electrons. The zero-order valence-electron chi connectivity index (χ0n) is 18.1. The van der Waals surface area contributed by atoms with Crippen molar-refractivity contribution < 1.29 is 9.53 Å². The van der Waals surface area contributed by atoms with Crippen molar-refractivity contribution in [2.75, 3.05) is 0 Å². The average molecular weight is 370 g/mol. The monoisotopic (exact) mass is 369 g/mol. The molecule has 0 aromatic heterocycles. The predicted octanol–water partition coefficient (Wildman–Crippen LogP) is 5.62. The molecule has 0 unspecified atom stereocenters. The van der Waals surface area contributed by atoms with Crippen LogP contribution in [0.5, 0.6) is 0 Å². The van der Waals surface area contributed by atoms with E-state index in [2.05, 4.69) is 39.8 Å². The topological polar surface area (TPSA) is 38.7 Å². The molecule has 0 heterocycles. The largest absolute Gasteiger partial charge is 0.458 e. The first-order valence-electron chi connectivity index (χ1n) is 10.2. The van der Waals surface area contributed by atoms with Crippen LogP contribution in [-0.2, 0) is 16.0 Å². The van der Waals surface area contributed by atoms with Gasteiger partial charge in [0.1, 0.15) is 5.60 Å². The highest BCUT2D eigenvalue weighted by Crippen LogP contribution is 2.70. The molecule has 1 aromatic rings. The fourth-order valence-corrected chi connectivity index (χ4v) is 4.96. The summed E-state index contributed by atoms with van der Waals surface area (Å²) in [6.45, 7) is 15.2. The molecular weight excluding hydrogens is 334 g/mol. The zero-order chi connectivity index (χ0) is 20.1. The van der Waals surface area contributed by atoms with Crippen molar-refractivity contribution in [2.45, 2.75) is 85.8 Å². The van der Waals surface area contributed by atoms with E-state index in [0.29, 0.717) is 6.42 Å². The van der Waals surface area contributed by atoms with Gasteiger partial charge in [-0.2, -0.15) is 0 Å². The number of hydrogen-bond acceptors (Lipinski definition) is 3.